The minimum absolute atomic E-state index is 0.750. The van der Waals surface area contributed by atoms with E-state index >= 15 is 0 Å². The minimum atomic E-state index is 0.750. The summed E-state index contributed by atoms with van der Waals surface area (Å²) >= 11 is 0.750. The SMILES string of the molecule is CC(=Nc1ccccc1)Nc1ccccc1.[CH3][Al][CH3]. The van der Waals surface area contributed by atoms with Crippen molar-refractivity contribution in [1.82, 2.24) is 0 Å². The van der Waals surface area contributed by atoms with E-state index in [1.54, 1.807) is 0 Å². The van der Waals surface area contributed by atoms with Gasteiger partial charge in [-0.3, -0.25) is 0 Å². The first-order valence-electron chi connectivity index (χ1n) is 6.42. The highest BCUT2D eigenvalue weighted by Gasteiger charge is 1.93. The molecular formula is C16H20AlN2. The van der Waals surface area contributed by atoms with Gasteiger partial charge in [-0.05, 0) is 31.2 Å². The normalized spacial score (nSPS) is 10.2. The summed E-state index contributed by atoms with van der Waals surface area (Å²) in [7, 11) is 0. The number of nitrogens with zero attached hydrogens (tertiary/aromatic N) is 1. The fraction of sp³-hybridized carbons (Fsp3) is 0.188. The second-order valence-corrected chi connectivity index (χ2v) is 5.26. The number of amidine groups is 1. The maximum atomic E-state index is 4.46. The monoisotopic (exact) mass is 267 g/mol. The highest BCUT2D eigenvalue weighted by atomic mass is 27.1. The topological polar surface area (TPSA) is 24.4 Å². The highest BCUT2D eigenvalue weighted by molar-refractivity contribution is 6.31. The van der Waals surface area contributed by atoms with Crippen LogP contribution in [0.4, 0.5) is 11.4 Å². The Balaban J connectivity index is 0.000000550. The van der Waals surface area contributed by atoms with Gasteiger partial charge < -0.3 is 5.32 Å². The van der Waals surface area contributed by atoms with E-state index in [4.69, 9.17) is 0 Å². The number of para-hydroxylation sites is 2. The summed E-state index contributed by atoms with van der Waals surface area (Å²) in [6, 6.07) is 19.9. The first kappa shape index (κ1) is 15.5. The van der Waals surface area contributed by atoms with Crippen LogP contribution in [0.1, 0.15) is 6.92 Å². The molecule has 0 heterocycles. The Hall–Kier alpha value is -1.56. The molecule has 1 N–H and O–H groups in total. The van der Waals surface area contributed by atoms with Crippen LogP contribution < -0.4 is 5.32 Å². The third kappa shape index (κ3) is 6.81. The molecule has 97 valence electrons. The van der Waals surface area contributed by atoms with Crippen molar-refractivity contribution in [2.45, 2.75) is 18.5 Å². The zero-order chi connectivity index (χ0) is 13.9. The van der Waals surface area contributed by atoms with Crippen LogP contribution in [-0.2, 0) is 0 Å². The van der Waals surface area contributed by atoms with E-state index in [2.05, 4.69) is 21.9 Å². The molecule has 0 aromatic heterocycles. The lowest BCUT2D eigenvalue weighted by Crippen LogP contribution is -2.06. The molecule has 0 fully saturated rings. The third-order valence-corrected chi connectivity index (χ3v) is 2.15. The van der Waals surface area contributed by atoms with Crippen LogP contribution in [-0.4, -0.2) is 21.1 Å². The van der Waals surface area contributed by atoms with Crippen LogP contribution >= 0.6 is 0 Å². The van der Waals surface area contributed by atoms with Crippen LogP contribution in [0.3, 0.4) is 0 Å². The molecule has 0 bridgehead atoms. The first-order valence-corrected chi connectivity index (χ1v) is 8.73. The Morgan fingerprint density at radius 3 is 1.89 bits per heavy atom. The summed E-state index contributed by atoms with van der Waals surface area (Å²) in [5.41, 5.74) is 2.02. The lowest BCUT2D eigenvalue weighted by Gasteiger charge is -2.04. The van der Waals surface area contributed by atoms with Gasteiger partial charge in [0, 0.05) is 5.69 Å². The second kappa shape index (κ2) is 9.38. The summed E-state index contributed by atoms with van der Waals surface area (Å²) in [4.78, 5) is 4.46. The molecular weight excluding hydrogens is 247 g/mol. The van der Waals surface area contributed by atoms with E-state index in [0.29, 0.717) is 0 Å². The van der Waals surface area contributed by atoms with Gasteiger partial charge in [0.15, 0.2) is 15.2 Å². The largest absolute Gasteiger partial charge is 0.344 e. The van der Waals surface area contributed by atoms with Gasteiger partial charge in [0.25, 0.3) is 0 Å². The van der Waals surface area contributed by atoms with E-state index in [9.17, 15) is 0 Å². The first-order chi connectivity index (χ1) is 9.26. The Bertz CT molecular complexity index is 481. The van der Waals surface area contributed by atoms with E-state index in [-0.39, 0.29) is 0 Å². The van der Waals surface area contributed by atoms with Crippen LogP contribution in [0.5, 0.6) is 0 Å². The van der Waals surface area contributed by atoms with Crippen molar-refractivity contribution in [1.29, 1.82) is 0 Å². The molecule has 3 heteroatoms. The Morgan fingerprint density at radius 2 is 1.37 bits per heavy atom. The second-order valence-electron chi connectivity index (χ2n) is 4.10. The standard InChI is InChI=1S/C14H14N2.2CH3.Al/c1-12(15-13-8-4-2-5-9-13)16-14-10-6-3-7-11-14;;;/h2-11H,1H3,(H,15,16);2*1H3;. The molecule has 0 spiro atoms. The van der Waals surface area contributed by atoms with E-state index in [0.717, 1.165) is 32.4 Å². The summed E-state index contributed by atoms with van der Waals surface area (Å²) in [6.45, 7) is 1.96. The van der Waals surface area contributed by atoms with Crippen molar-refractivity contribution < 1.29 is 0 Å². The number of nitrogens with one attached hydrogen (secondary N) is 1. The van der Waals surface area contributed by atoms with Crippen molar-refractivity contribution >= 4 is 32.4 Å². The quantitative estimate of drug-likeness (QED) is 0.478. The number of rotatable bonds is 2. The average Bonchev–Trinajstić information content (AvgIpc) is 2.41. The van der Waals surface area contributed by atoms with Gasteiger partial charge in [-0.1, -0.05) is 36.4 Å². The summed E-state index contributed by atoms with van der Waals surface area (Å²) in [6.07, 6.45) is 0. The van der Waals surface area contributed by atoms with Crippen molar-refractivity contribution in [3.05, 3.63) is 60.7 Å². The lowest BCUT2D eigenvalue weighted by atomic mass is 10.3. The number of aliphatic imine (C=N–C) groups is 1. The summed E-state index contributed by atoms with van der Waals surface area (Å²) < 4.78 is 0. The van der Waals surface area contributed by atoms with Crippen LogP contribution in [0.25, 0.3) is 0 Å². The van der Waals surface area contributed by atoms with Gasteiger partial charge in [-0.15, -0.1) is 11.6 Å². The summed E-state index contributed by atoms with van der Waals surface area (Å²) in [5, 5.41) is 3.24. The van der Waals surface area contributed by atoms with Crippen LogP contribution in [0.2, 0.25) is 11.6 Å². The lowest BCUT2D eigenvalue weighted by molar-refractivity contribution is 1.46. The molecule has 0 amide bonds. The number of benzene rings is 2. The molecule has 0 saturated heterocycles. The van der Waals surface area contributed by atoms with Gasteiger partial charge in [0.1, 0.15) is 5.84 Å². The van der Waals surface area contributed by atoms with Crippen molar-refractivity contribution in [3.63, 3.8) is 0 Å². The van der Waals surface area contributed by atoms with Gasteiger partial charge in [0.05, 0.1) is 5.69 Å². The molecule has 2 nitrogen and oxygen atoms in total. The number of hydrogen-bond acceptors (Lipinski definition) is 1. The van der Waals surface area contributed by atoms with Crippen molar-refractivity contribution in [2.24, 2.45) is 4.99 Å². The smallest absolute Gasteiger partial charge is 0.191 e. The van der Waals surface area contributed by atoms with Crippen LogP contribution in [0, 0.1) is 0 Å². The molecule has 19 heavy (non-hydrogen) atoms. The molecule has 0 aliphatic heterocycles. The van der Waals surface area contributed by atoms with E-state index < -0.39 is 0 Å². The Kier molecular flexibility index (Phi) is 7.65. The average molecular weight is 267 g/mol. The van der Waals surface area contributed by atoms with Crippen molar-refractivity contribution in [2.75, 3.05) is 5.32 Å². The Morgan fingerprint density at radius 1 is 0.895 bits per heavy atom. The molecule has 0 aliphatic carbocycles. The Labute approximate surface area is 122 Å². The van der Waals surface area contributed by atoms with Crippen molar-refractivity contribution in [3.8, 4) is 0 Å². The van der Waals surface area contributed by atoms with E-state index in [1.165, 1.54) is 0 Å². The summed E-state index contributed by atoms with van der Waals surface area (Å²) in [5.74, 6) is 5.30. The molecule has 1 radical (unpaired) electrons. The van der Waals surface area contributed by atoms with Crippen LogP contribution in [0.15, 0.2) is 65.7 Å². The highest BCUT2D eigenvalue weighted by Crippen LogP contribution is 2.11. The maximum Gasteiger partial charge on any atom is 0.191 e. The molecule has 2 rings (SSSR count). The molecule has 0 aliphatic rings. The maximum absolute atomic E-state index is 4.46. The fourth-order valence-corrected chi connectivity index (χ4v) is 1.45. The predicted octanol–water partition coefficient (Wildman–Crippen LogP) is 4.64. The third-order valence-electron chi connectivity index (χ3n) is 2.15. The molecule has 2 aromatic carbocycles. The van der Waals surface area contributed by atoms with Gasteiger partial charge in [-0.25, -0.2) is 4.99 Å². The fourth-order valence-electron chi connectivity index (χ4n) is 1.45. The van der Waals surface area contributed by atoms with Gasteiger partial charge in [-0.2, -0.15) is 0 Å². The van der Waals surface area contributed by atoms with E-state index in [1.807, 2.05) is 67.6 Å². The zero-order valence-electron chi connectivity index (χ0n) is 11.8. The predicted molar refractivity (Wildman–Crippen MR) is 86.8 cm³/mol. The minimum Gasteiger partial charge on any atom is -0.344 e. The molecule has 0 atom stereocenters. The molecule has 0 saturated carbocycles. The molecule has 0 unspecified atom stereocenters. The number of hydrogen-bond donors (Lipinski definition) is 1. The molecule has 2 aromatic rings. The van der Waals surface area contributed by atoms with Gasteiger partial charge >= 0.3 is 0 Å². The van der Waals surface area contributed by atoms with Gasteiger partial charge in [0.2, 0.25) is 0 Å². The number of anilines is 1. The zero-order valence-corrected chi connectivity index (χ0v) is 13.0.